The molecule has 0 heterocycles. The highest BCUT2D eigenvalue weighted by Crippen LogP contribution is 1.95. The maximum absolute atomic E-state index is 12.5. The molecule has 0 aliphatic rings. The van der Waals surface area contributed by atoms with Crippen LogP contribution < -0.4 is 10.6 Å². The number of rotatable bonds is 8. The molecule has 2 amide bonds. The first-order chi connectivity index (χ1) is 8.53. The Morgan fingerprint density at radius 1 is 1.33 bits per heavy atom. The fraction of sp³-hybridized carbons (Fsp3) is 0.700. The third-order valence-corrected chi connectivity index (χ3v) is 1.98. The van der Waals surface area contributed by atoms with Crippen molar-refractivity contribution in [2.45, 2.75) is 18.9 Å². The summed E-state index contributed by atoms with van der Waals surface area (Å²) in [5, 5.41) is 12.9. The number of methoxy groups -OCH3 is 1. The van der Waals surface area contributed by atoms with Crippen molar-refractivity contribution in [2.75, 3.05) is 26.9 Å². The monoisotopic (exact) mass is 264 g/mol. The zero-order valence-corrected chi connectivity index (χ0v) is 10.1. The molecule has 7 nitrogen and oxygen atoms in total. The van der Waals surface area contributed by atoms with Crippen LogP contribution >= 0.6 is 0 Å². The standard InChI is InChI=1S/C10H17FN2O5/c1-18-10(17)4-7(5-11)13-9(16)6-12-8(15)2-3-14/h7,14H,2-6H2,1H3,(H,12,15)(H,13,16)/t7-/m0/s1. The van der Waals surface area contributed by atoms with E-state index in [1.165, 1.54) is 0 Å². The number of hydrogen-bond acceptors (Lipinski definition) is 5. The van der Waals surface area contributed by atoms with Crippen LogP contribution in [0.5, 0.6) is 0 Å². The van der Waals surface area contributed by atoms with Crippen LogP contribution in [0.3, 0.4) is 0 Å². The summed E-state index contributed by atoms with van der Waals surface area (Å²) in [4.78, 5) is 33.1. The van der Waals surface area contributed by atoms with Gasteiger partial charge < -0.3 is 20.5 Å². The smallest absolute Gasteiger partial charge is 0.307 e. The van der Waals surface area contributed by atoms with Crippen LogP contribution in [0.25, 0.3) is 0 Å². The highest BCUT2D eigenvalue weighted by molar-refractivity contribution is 5.85. The van der Waals surface area contributed by atoms with Gasteiger partial charge in [-0.2, -0.15) is 0 Å². The van der Waals surface area contributed by atoms with Gasteiger partial charge in [0.05, 0.1) is 32.7 Å². The normalized spacial score (nSPS) is 11.5. The fourth-order valence-corrected chi connectivity index (χ4v) is 1.08. The first-order valence-electron chi connectivity index (χ1n) is 5.33. The molecule has 0 aromatic heterocycles. The highest BCUT2D eigenvalue weighted by Gasteiger charge is 2.16. The number of hydrogen-bond donors (Lipinski definition) is 3. The molecule has 0 unspecified atom stereocenters. The van der Waals surface area contributed by atoms with Crippen LogP contribution in [-0.2, 0) is 19.1 Å². The number of amides is 2. The Morgan fingerprint density at radius 2 is 2.00 bits per heavy atom. The van der Waals surface area contributed by atoms with Crippen LogP contribution in [-0.4, -0.2) is 55.9 Å². The largest absolute Gasteiger partial charge is 0.469 e. The van der Waals surface area contributed by atoms with Crippen molar-refractivity contribution in [3.63, 3.8) is 0 Å². The fourth-order valence-electron chi connectivity index (χ4n) is 1.08. The Hall–Kier alpha value is -1.70. The van der Waals surface area contributed by atoms with E-state index in [1.54, 1.807) is 0 Å². The van der Waals surface area contributed by atoms with E-state index in [-0.39, 0.29) is 26.0 Å². The predicted octanol–water partition coefficient (Wildman–Crippen LogP) is -1.50. The van der Waals surface area contributed by atoms with Gasteiger partial charge in [0.2, 0.25) is 11.8 Å². The zero-order chi connectivity index (χ0) is 14.0. The molecule has 0 rings (SSSR count). The third kappa shape index (κ3) is 7.55. The van der Waals surface area contributed by atoms with Gasteiger partial charge in [-0.05, 0) is 0 Å². The molecule has 0 saturated carbocycles. The Labute approximate surface area is 104 Å². The van der Waals surface area contributed by atoms with Gasteiger partial charge in [-0.15, -0.1) is 0 Å². The second kappa shape index (κ2) is 9.34. The average molecular weight is 264 g/mol. The van der Waals surface area contributed by atoms with Crippen LogP contribution in [0.4, 0.5) is 4.39 Å². The molecule has 0 aromatic carbocycles. The third-order valence-electron chi connectivity index (χ3n) is 1.98. The van der Waals surface area contributed by atoms with Crippen molar-refractivity contribution in [2.24, 2.45) is 0 Å². The number of halogens is 1. The number of aliphatic hydroxyl groups excluding tert-OH is 1. The summed E-state index contributed by atoms with van der Waals surface area (Å²) in [7, 11) is 1.16. The second-order valence-electron chi connectivity index (χ2n) is 3.45. The topological polar surface area (TPSA) is 105 Å². The summed E-state index contributed by atoms with van der Waals surface area (Å²) in [5.41, 5.74) is 0. The highest BCUT2D eigenvalue weighted by atomic mass is 19.1. The Balaban J connectivity index is 3.96. The van der Waals surface area contributed by atoms with Gasteiger partial charge in [-0.25, -0.2) is 4.39 Å². The Kier molecular flexibility index (Phi) is 8.46. The minimum Gasteiger partial charge on any atom is -0.469 e. The van der Waals surface area contributed by atoms with Crippen molar-refractivity contribution in [3.8, 4) is 0 Å². The molecular formula is C10H17FN2O5. The lowest BCUT2D eigenvalue weighted by Gasteiger charge is -2.14. The van der Waals surface area contributed by atoms with E-state index in [4.69, 9.17) is 5.11 Å². The van der Waals surface area contributed by atoms with Gasteiger partial charge in [-0.1, -0.05) is 0 Å². The van der Waals surface area contributed by atoms with Crippen LogP contribution in [0.2, 0.25) is 0 Å². The SMILES string of the molecule is COC(=O)C[C@@H](CF)NC(=O)CNC(=O)CCO. The number of ether oxygens (including phenoxy) is 1. The van der Waals surface area contributed by atoms with Gasteiger partial charge in [0, 0.05) is 6.42 Å². The van der Waals surface area contributed by atoms with Crippen LogP contribution in [0, 0.1) is 0 Å². The van der Waals surface area contributed by atoms with E-state index >= 15 is 0 Å². The molecule has 1 atom stereocenters. The molecule has 0 fully saturated rings. The minimum absolute atomic E-state index is 0.109. The lowest BCUT2D eigenvalue weighted by atomic mass is 10.2. The quantitative estimate of drug-likeness (QED) is 0.463. The molecule has 0 saturated heterocycles. The molecular weight excluding hydrogens is 247 g/mol. The van der Waals surface area contributed by atoms with Gasteiger partial charge >= 0.3 is 5.97 Å². The summed E-state index contributed by atoms with van der Waals surface area (Å²) in [6.07, 6.45) is -0.384. The summed E-state index contributed by atoms with van der Waals surface area (Å²) >= 11 is 0. The number of nitrogens with one attached hydrogen (secondary N) is 2. The number of carbonyl (C=O) groups excluding carboxylic acids is 3. The van der Waals surface area contributed by atoms with E-state index in [2.05, 4.69) is 15.4 Å². The van der Waals surface area contributed by atoms with E-state index < -0.39 is 30.5 Å². The summed E-state index contributed by atoms with van der Waals surface area (Å²) in [5.74, 6) is -1.74. The lowest BCUT2D eigenvalue weighted by Crippen LogP contribution is -2.44. The van der Waals surface area contributed by atoms with Gasteiger partial charge in [0.15, 0.2) is 0 Å². The predicted molar refractivity (Wildman–Crippen MR) is 59.3 cm³/mol. The van der Waals surface area contributed by atoms with Crippen molar-refractivity contribution in [3.05, 3.63) is 0 Å². The molecule has 0 bridgehead atoms. The average Bonchev–Trinajstić information content (AvgIpc) is 2.35. The summed E-state index contributed by atoms with van der Waals surface area (Å²) < 4.78 is 16.8. The zero-order valence-electron chi connectivity index (χ0n) is 10.1. The van der Waals surface area contributed by atoms with Crippen molar-refractivity contribution in [1.29, 1.82) is 0 Å². The van der Waals surface area contributed by atoms with Crippen molar-refractivity contribution < 1.29 is 28.6 Å². The Morgan fingerprint density at radius 3 is 2.50 bits per heavy atom. The van der Waals surface area contributed by atoms with Gasteiger partial charge in [0.25, 0.3) is 0 Å². The minimum atomic E-state index is -0.973. The van der Waals surface area contributed by atoms with Crippen LogP contribution in [0.1, 0.15) is 12.8 Å². The lowest BCUT2D eigenvalue weighted by molar-refractivity contribution is -0.141. The molecule has 0 spiro atoms. The number of alkyl halides is 1. The maximum Gasteiger partial charge on any atom is 0.307 e. The number of esters is 1. The Bertz CT molecular complexity index is 298. The molecule has 0 aliphatic heterocycles. The van der Waals surface area contributed by atoms with Crippen molar-refractivity contribution >= 4 is 17.8 Å². The first-order valence-corrected chi connectivity index (χ1v) is 5.33. The number of aliphatic hydroxyl groups is 1. The van der Waals surface area contributed by atoms with Crippen LogP contribution in [0.15, 0.2) is 0 Å². The maximum atomic E-state index is 12.5. The van der Waals surface area contributed by atoms with E-state index in [0.29, 0.717) is 0 Å². The van der Waals surface area contributed by atoms with Gasteiger partial charge in [-0.3, -0.25) is 14.4 Å². The molecule has 104 valence electrons. The molecule has 18 heavy (non-hydrogen) atoms. The molecule has 0 radical (unpaired) electrons. The number of carbonyl (C=O) groups is 3. The molecule has 0 aliphatic carbocycles. The van der Waals surface area contributed by atoms with Gasteiger partial charge in [0.1, 0.15) is 6.67 Å². The first kappa shape index (κ1) is 16.3. The van der Waals surface area contributed by atoms with E-state index in [0.717, 1.165) is 7.11 Å². The molecule has 8 heteroatoms. The summed E-state index contributed by atoms with van der Waals surface area (Å²) in [6, 6.07) is -0.973. The summed E-state index contributed by atoms with van der Waals surface area (Å²) in [6.45, 7) is -1.56. The molecule has 0 aromatic rings. The van der Waals surface area contributed by atoms with E-state index in [9.17, 15) is 18.8 Å². The van der Waals surface area contributed by atoms with Crippen molar-refractivity contribution in [1.82, 2.24) is 10.6 Å². The second-order valence-corrected chi connectivity index (χ2v) is 3.45. The van der Waals surface area contributed by atoms with E-state index in [1.807, 2.05) is 0 Å². The molecule has 3 N–H and O–H groups in total.